The minimum atomic E-state index is 0.00250. The van der Waals surface area contributed by atoms with Crippen LogP contribution in [0.4, 0.5) is 0 Å². The smallest absolute Gasteiger partial charge is 0.216 e. The van der Waals surface area contributed by atoms with Gasteiger partial charge in [0.05, 0.1) is 26.4 Å². The summed E-state index contributed by atoms with van der Waals surface area (Å²) in [6.45, 7) is 3.91. The fraction of sp³-hybridized carbons (Fsp3) is 0.438. The monoisotopic (exact) mass is 288 g/mol. The maximum atomic E-state index is 11.0. The number of epoxide rings is 1. The van der Waals surface area contributed by atoms with Crippen LogP contribution in [0.25, 0.3) is 10.9 Å². The fourth-order valence-corrected chi connectivity index (χ4v) is 2.59. The fourth-order valence-electron chi connectivity index (χ4n) is 2.59. The van der Waals surface area contributed by atoms with Crippen molar-refractivity contribution in [1.82, 2.24) is 9.88 Å². The Bertz CT molecular complexity index is 659. The molecule has 1 amide bonds. The van der Waals surface area contributed by atoms with E-state index in [-0.39, 0.29) is 5.91 Å². The maximum Gasteiger partial charge on any atom is 0.216 e. The standard InChI is InChI=1S/C16H20N2O3/c1-11(19)17-6-5-12-8-18(9-14-10-21-14)16-4-3-13(20-2)7-15(12)16/h3-4,7-8,14H,5-6,9-10H2,1-2H3,(H,17,19). The molecule has 1 N–H and O–H groups in total. The Balaban J connectivity index is 1.89. The largest absolute Gasteiger partial charge is 0.497 e. The molecule has 0 aliphatic carbocycles. The van der Waals surface area contributed by atoms with Crippen molar-refractivity contribution in [2.24, 2.45) is 0 Å². The first-order valence-electron chi connectivity index (χ1n) is 7.19. The summed E-state index contributed by atoms with van der Waals surface area (Å²) in [5, 5.41) is 4.03. The average Bonchev–Trinajstić information content (AvgIpc) is 3.22. The number of nitrogens with zero attached hydrogens (tertiary/aromatic N) is 1. The summed E-state index contributed by atoms with van der Waals surface area (Å²) in [6.07, 6.45) is 3.31. The molecule has 5 heteroatoms. The SMILES string of the molecule is COc1ccc2c(c1)c(CCNC(C)=O)cn2CC1CO1. The van der Waals surface area contributed by atoms with Gasteiger partial charge in [-0.2, -0.15) is 0 Å². The summed E-state index contributed by atoms with van der Waals surface area (Å²) in [7, 11) is 1.67. The highest BCUT2D eigenvalue weighted by atomic mass is 16.6. The summed E-state index contributed by atoms with van der Waals surface area (Å²) in [4.78, 5) is 11.0. The number of aromatic nitrogens is 1. The van der Waals surface area contributed by atoms with E-state index in [0.717, 1.165) is 25.3 Å². The highest BCUT2D eigenvalue weighted by molar-refractivity contribution is 5.85. The minimum Gasteiger partial charge on any atom is -0.497 e. The molecule has 0 spiro atoms. The molecular weight excluding hydrogens is 268 g/mol. The number of nitrogens with one attached hydrogen (secondary N) is 1. The zero-order valence-corrected chi connectivity index (χ0v) is 12.4. The summed E-state index contributed by atoms with van der Waals surface area (Å²) < 4.78 is 12.9. The predicted octanol–water partition coefficient (Wildman–Crippen LogP) is 1.73. The van der Waals surface area contributed by atoms with E-state index in [1.54, 1.807) is 7.11 Å². The van der Waals surface area contributed by atoms with Gasteiger partial charge in [-0.3, -0.25) is 4.79 Å². The molecule has 1 fully saturated rings. The van der Waals surface area contributed by atoms with Gasteiger partial charge in [0, 0.05) is 30.6 Å². The number of ether oxygens (including phenoxy) is 2. The lowest BCUT2D eigenvalue weighted by Crippen LogP contribution is -2.22. The number of carbonyl (C=O) groups is 1. The molecule has 2 heterocycles. The van der Waals surface area contributed by atoms with E-state index in [2.05, 4.69) is 28.2 Å². The lowest BCUT2D eigenvalue weighted by Gasteiger charge is -2.04. The molecular formula is C16H20N2O3. The van der Waals surface area contributed by atoms with Crippen molar-refractivity contribution < 1.29 is 14.3 Å². The maximum absolute atomic E-state index is 11.0. The topological polar surface area (TPSA) is 55.8 Å². The molecule has 21 heavy (non-hydrogen) atoms. The molecule has 1 aromatic carbocycles. The summed E-state index contributed by atoms with van der Waals surface area (Å²) >= 11 is 0. The predicted molar refractivity (Wildman–Crippen MR) is 80.6 cm³/mol. The van der Waals surface area contributed by atoms with Gasteiger partial charge in [-0.15, -0.1) is 0 Å². The molecule has 1 atom stereocenters. The first kappa shape index (κ1) is 13.9. The third-order valence-corrected chi connectivity index (χ3v) is 3.74. The van der Waals surface area contributed by atoms with E-state index >= 15 is 0 Å². The average molecular weight is 288 g/mol. The number of hydrogen-bond acceptors (Lipinski definition) is 3. The van der Waals surface area contributed by atoms with E-state index in [1.165, 1.54) is 23.4 Å². The molecule has 1 saturated heterocycles. The second kappa shape index (κ2) is 5.77. The second-order valence-electron chi connectivity index (χ2n) is 5.38. The van der Waals surface area contributed by atoms with E-state index < -0.39 is 0 Å². The number of amides is 1. The number of methoxy groups -OCH3 is 1. The second-order valence-corrected chi connectivity index (χ2v) is 5.38. The Labute approximate surface area is 123 Å². The molecule has 5 nitrogen and oxygen atoms in total. The first-order valence-corrected chi connectivity index (χ1v) is 7.19. The summed E-state index contributed by atoms with van der Waals surface area (Å²) in [6, 6.07) is 6.12. The third kappa shape index (κ3) is 3.19. The van der Waals surface area contributed by atoms with Crippen LogP contribution in [0.1, 0.15) is 12.5 Å². The van der Waals surface area contributed by atoms with E-state index in [9.17, 15) is 4.79 Å². The normalized spacial score (nSPS) is 17.0. The zero-order valence-electron chi connectivity index (χ0n) is 12.4. The van der Waals surface area contributed by atoms with Crippen LogP contribution in [0.3, 0.4) is 0 Å². The van der Waals surface area contributed by atoms with Crippen LogP contribution in [0.15, 0.2) is 24.4 Å². The van der Waals surface area contributed by atoms with Gasteiger partial charge in [0.1, 0.15) is 5.75 Å². The number of hydrogen-bond donors (Lipinski definition) is 1. The Hall–Kier alpha value is -2.01. The molecule has 112 valence electrons. The molecule has 1 unspecified atom stereocenters. The lowest BCUT2D eigenvalue weighted by atomic mass is 10.1. The lowest BCUT2D eigenvalue weighted by molar-refractivity contribution is -0.118. The van der Waals surface area contributed by atoms with Crippen molar-refractivity contribution in [3.63, 3.8) is 0 Å². The molecule has 1 aliphatic rings. The highest BCUT2D eigenvalue weighted by Crippen LogP contribution is 2.27. The van der Waals surface area contributed by atoms with Crippen LogP contribution in [0.2, 0.25) is 0 Å². The zero-order chi connectivity index (χ0) is 14.8. The first-order chi connectivity index (χ1) is 10.2. The van der Waals surface area contributed by atoms with Gasteiger partial charge >= 0.3 is 0 Å². The Morgan fingerprint density at radius 3 is 3.00 bits per heavy atom. The number of benzene rings is 1. The van der Waals surface area contributed by atoms with E-state index in [0.29, 0.717) is 12.6 Å². The quantitative estimate of drug-likeness (QED) is 0.824. The summed E-state index contributed by atoms with van der Waals surface area (Å²) in [5.41, 5.74) is 2.41. The number of carbonyl (C=O) groups excluding carboxylic acids is 1. The molecule has 1 aliphatic heterocycles. The Morgan fingerprint density at radius 2 is 2.33 bits per heavy atom. The van der Waals surface area contributed by atoms with Crippen molar-refractivity contribution in [2.45, 2.75) is 26.0 Å². The van der Waals surface area contributed by atoms with Crippen LogP contribution in [-0.4, -0.2) is 36.8 Å². The van der Waals surface area contributed by atoms with E-state index in [1.807, 2.05) is 6.07 Å². The van der Waals surface area contributed by atoms with Crippen LogP contribution in [0, 0.1) is 0 Å². The van der Waals surface area contributed by atoms with Crippen molar-refractivity contribution in [3.05, 3.63) is 30.0 Å². The highest BCUT2D eigenvalue weighted by Gasteiger charge is 2.24. The van der Waals surface area contributed by atoms with Gasteiger partial charge in [-0.1, -0.05) is 0 Å². The van der Waals surface area contributed by atoms with Gasteiger partial charge in [0.2, 0.25) is 5.91 Å². The molecule has 0 bridgehead atoms. The Kier molecular flexibility index (Phi) is 3.84. The molecule has 0 saturated carbocycles. The molecule has 2 aromatic rings. The third-order valence-electron chi connectivity index (χ3n) is 3.74. The van der Waals surface area contributed by atoms with Gasteiger partial charge in [-0.05, 0) is 30.2 Å². The van der Waals surface area contributed by atoms with Gasteiger partial charge in [0.25, 0.3) is 0 Å². The number of rotatable bonds is 6. The summed E-state index contributed by atoms with van der Waals surface area (Å²) in [5.74, 6) is 0.853. The molecule has 3 rings (SSSR count). The van der Waals surface area contributed by atoms with Gasteiger partial charge < -0.3 is 19.4 Å². The van der Waals surface area contributed by atoms with E-state index in [4.69, 9.17) is 9.47 Å². The van der Waals surface area contributed by atoms with Crippen LogP contribution in [0.5, 0.6) is 5.75 Å². The van der Waals surface area contributed by atoms with Crippen molar-refractivity contribution >= 4 is 16.8 Å². The van der Waals surface area contributed by atoms with Crippen molar-refractivity contribution in [1.29, 1.82) is 0 Å². The Morgan fingerprint density at radius 1 is 1.52 bits per heavy atom. The van der Waals surface area contributed by atoms with Crippen LogP contribution in [-0.2, 0) is 22.5 Å². The van der Waals surface area contributed by atoms with Gasteiger partial charge in [0.15, 0.2) is 0 Å². The minimum absolute atomic E-state index is 0.00250. The molecule has 1 aromatic heterocycles. The van der Waals surface area contributed by atoms with Crippen LogP contribution >= 0.6 is 0 Å². The van der Waals surface area contributed by atoms with Crippen molar-refractivity contribution in [2.75, 3.05) is 20.3 Å². The van der Waals surface area contributed by atoms with Crippen LogP contribution < -0.4 is 10.1 Å². The number of fused-ring (bicyclic) bond motifs is 1. The van der Waals surface area contributed by atoms with Crippen molar-refractivity contribution in [3.8, 4) is 5.75 Å². The van der Waals surface area contributed by atoms with Gasteiger partial charge in [-0.25, -0.2) is 0 Å². The molecule has 0 radical (unpaired) electrons.